The van der Waals surface area contributed by atoms with Gasteiger partial charge in [0, 0.05) is 10.8 Å². The first-order chi connectivity index (χ1) is 10.4. The lowest BCUT2D eigenvalue weighted by atomic mass is 9.89. The van der Waals surface area contributed by atoms with Gasteiger partial charge in [-0.15, -0.1) is 11.3 Å². The minimum absolute atomic E-state index is 0.0932. The van der Waals surface area contributed by atoms with E-state index in [9.17, 15) is 9.18 Å². The molecule has 2 aromatic rings. The second kappa shape index (κ2) is 6.87. The molecule has 0 fully saturated rings. The molecule has 0 atom stereocenters. The summed E-state index contributed by atoms with van der Waals surface area (Å²) in [5.74, 6) is -0.647. The Balaban J connectivity index is 1.84. The van der Waals surface area contributed by atoms with Crippen LogP contribution in [0.15, 0.2) is 29.6 Å². The summed E-state index contributed by atoms with van der Waals surface area (Å²) in [5, 5.41) is 11.3. The fraction of sp³-hybridized carbons (Fsp3) is 0.375. The number of ether oxygens (including phenoxy) is 1. The van der Waals surface area contributed by atoms with Crippen LogP contribution in [-0.2, 0) is 5.41 Å². The maximum atomic E-state index is 12.8. The van der Waals surface area contributed by atoms with E-state index in [1.54, 1.807) is 17.5 Å². The summed E-state index contributed by atoms with van der Waals surface area (Å²) >= 11 is 1.37. The molecule has 22 heavy (non-hydrogen) atoms. The molecule has 118 valence electrons. The zero-order valence-electron chi connectivity index (χ0n) is 12.5. The van der Waals surface area contributed by atoms with Crippen LogP contribution in [0.5, 0.6) is 5.75 Å². The van der Waals surface area contributed by atoms with Gasteiger partial charge in [0.2, 0.25) is 0 Å². The predicted octanol–water partition coefficient (Wildman–Crippen LogP) is 4.12. The van der Waals surface area contributed by atoms with Gasteiger partial charge in [-0.25, -0.2) is 14.2 Å². The zero-order valence-corrected chi connectivity index (χ0v) is 13.3. The summed E-state index contributed by atoms with van der Waals surface area (Å²) in [5.41, 5.74) is -0.111. The molecular formula is C16H18FNO3S. The Morgan fingerprint density at radius 1 is 1.36 bits per heavy atom. The first-order valence-electron chi connectivity index (χ1n) is 6.96. The normalized spacial score (nSPS) is 11.4. The van der Waals surface area contributed by atoms with Crippen LogP contribution >= 0.6 is 11.3 Å². The van der Waals surface area contributed by atoms with Crippen molar-refractivity contribution in [1.82, 2.24) is 4.98 Å². The summed E-state index contributed by atoms with van der Waals surface area (Å²) in [4.78, 5) is 15.0. The molecule has 0 amide bonds. The van der Waals surface area contributed by atoms with E-state index < -0.39 is 5.97 Å². The third-order valence-electron chi connectivity index (χ3n) is 3.33. The molecule has 0 unspecified atom stereocenters. The minimum Gasteiger partial charge on any atom is -0.494 e. The molecule has 0 aliphatic carbocycles. The third-order valence-corrected chi connectivity index (χ3v) is 4.54. The van der Waals surface area contributed by atoms with E-state index in [2.05, 4.69) is 4.98 Å². The van der Waals surface area contributed by atoms with E-state index in [4.69, 9.17) is 9.84 Å². The molecular weight excluding hydrogens is 305 g/mol. The van der Waals surface area contributed by atoms with Crippen molar-refractivity contribution in [2.45, 2.75) is 32.1 Å². The molecule has 0 bridgehead atoms. The summed E-state index contributed by atoms with van der Waals surface area (Å²) in [6.45, 7) is 4.59. The van der Waals surface area contributed by atoms with Crippen molar-refractivity contribution in [3.63, 3.8) is 0 Å². The SMILES string of the molecule is CC(C)(CCCOc1ccc(F)cc1)c1nc(C(=O)O)cs1. The first-order valence-corrected chi connectivity index (χ1v) is 7.84. The van der Waals surface area contributed by atoms with Gasteiger partial charge < -0.3 is 9.84 Å². The molecule has 1 N–H and O–H groups in total. The molecule has 0 aliphatic heterocycles. The maximum absolute atomic E-state index is 12.8. The van der Waals surface area contributed by atoms with Gasteiger partial charge in [0.1, 0.15) is 11.6 Å². The monoisotopic (exact) mass is 323 g/mol. The molecule has 1 aromatic carbocycles. The smallest absolute Gasteiger partial charge is 0.355 e. The fourth-order valence-electron chi connectivity index (χ4n) is 2.02. The Bertz CT molecular complexity index is 637. The number of aromatic nitrogens is 1. The minimum atomic E-state index is -1.00. The lowest BCUT2D eigenvalue weighted by Gasteiger charge is -2.21. The van der Waals surface area contributed by atoms with Crippen LogP contribution in [0, 0.1) is 5.82 Å². The van der Waals surface area contributed by atoms with Crippen LogP contribution in [0.2, 0.25) is 0 Å². The molecule has 0 spiro atoms. The molecule has 0 saturated carbocycles. The molecule has 1 heterocycles. The van der Waals surface area contributed by atoms with Crippen molar-refractivity contribution in [1.29, 1.82) is 0 Å². The zero-order chi connectivity index (χ0) is 16.2. The lowest BCUT2D eigenvalue weighted by Crippen LogP contribution is -2.18. The van der Waals surface area contributed by atoms with E-state index in [-0.39, 0.29) is 16.9 Å². The molecule has 0 aliphatic rings. The highest BCUT2D eigenvalue weighted by Gasteiger charge is 2.25. The number of rotatable bonds is 7. The van der Waals surface area contributed by atoms with Crippen LogP contribution in [0.4, 0.5) is 4.39 Å². The highest BCUT2D eigenvalue weighted by Crippen LogP contribution is 2.31. The molecule has 6 heteroatoms. The summed E-state index contributed by atoms with van der Waals surface area (Å²) < 4.78 is 18.3. The number of benzene rings is 1. The number of halogens is 1. The average Bonchev–Trinajstić information content (AvgIpc) is 2.96. The van der Waals surface area contributed by atoms with Gasteiger partial charge in [-0.1, -0.05) is 13.8 Å². The molecule has 0 saturated heterocycles. The largest absolute Gasteiger partial charge is 0.494 e. The van der Waals surface area contributed by atoms with Gasteiger partial charge in [0.05, 0.1) is 11.6 Å². The molecule has 2 rings (SSSR count). The van der Waals surface area contributed by atoms with Crippen molar-refractivity contribution in [2.24, 2.45) is 0 Å². The lowest BCUT2D eigenvalue weighted by molar-refractivity contribution is 0.0691. The van der Waals surface area contributed by atoms with Gasteiger partial charge in [-0.2, -0.15) is 0 Å². The molecule has 1 aromatic heterocycles. The summed E-state index contributed by atoms with van der Waals surface area (Å²) in [7, 11) is 0. The highest BCUT2D eigenvalue weighted by atomic mass is 32.1. The number of carbonyl (C=O) groups is 1. The number of thiazole rings is 1. The van der Waals surface area contributed by atoms with E-state index in [0.717, 1.165) is 17.8 Å². The van der Waals surface area contributed by atoms with Gasteiger partial charge in [0.25, 0.3) is 0 Å². The number of carboxylic acids is 1. The number of carboxylic acid groups (broad SMARTS) is 1. The van der Waals surface area contributed by atoms with Crippen molar-refractivity contribution in [3.8, 4) is 5.75 Å². The number of nitrogens with zero attached hydrogens (tertiary/aromatic N) is 1. The van der Waals surface area contributed by atoms with E-state index in [1.165, 1.54) is 23.5 Å². The van der Waals surface area contributed by atoms with E-state index in [1.807, 2.05) is 13.8 Å². The Morgan fingerprint density at radius 2 is 2.05 bits per heavy atom. The topological polar surface area (TPSA) is 59.4 Å². The van der Waals surface area contributed by atoms with Crippen molar-refractivity contribution in [2.75, 3.05) is 6.61 Å². The Kier molecular flexibility index (Phi) is 5.13. The molecule has 0 radical (unpaired) electrons. The van der Waals surface area contributed by atoms with Crippen molar-refractivity contribution in [3.05, 3.63) is 46.2 Å². The Hall–Kier alpha value is -1.95. The second-order valence-corrected chi connectivity index (χ2v) is 6.49. The number of aromatic carboxylic acids is 1. The average molecular weight is 323 g/mol. The second-order valence-electron chi connectivity index (χ2n) is 5.63. The van der Waals surface area contributed by atoms with Crippen LogP contribution in [-0.4, -0.2) is 22.7 Å². The maximum Gasteiger partial charge on any atom is 0.355 e. The van der Waals surface area contributed by atoms with Gasteiger partial charge >= 0.3 is 5.97 Å². The Labute approximate surface area is 132 Å². The standard InChI is InChI=1S/C16H18FNO3S/c1-16(2,15-18-13(10-22-15)14(19)20)8-3-9-21-12-6-4-11(17)5-7-12/h4-7,10H,3,8-9H2,1-2H3,(H,19,20). The van der Waals surface area contributed by atoms with Gasteiger partial charge in [-0.3, -0.25) is 0 Å². The summed E-state index contributed by atoms with van der Waals surface area (Å²) in [6, 6.07) is 5.92. The van der Waals surface area contributed by atoms with Crippen LogP contribution in [0.3, 0.4) is 0 Å². The third kappa shape index (κ3) is 4.27. The van der Waals surface area contributed by atoms with Crippen LogP contribution in [0.1, 0.15) is 42.2 Å². The van der Waals surface area contributed by atoms with Crippen LogP contribution in [0.25, 0.3) is 0 Å². The predicted molar refractivity (Wildman–Crippen MR) is 83.2 cm³/mol. The van der Waals surface area contributed by atoms with Crippen molar-refractivity contribution < 1.29 is 19.0 Å². The fourth-order valence-corrected chi connectivity index (χ4v) is 2.97. The van der Waals surface area contributed by atoms with E-state index in [0.29, 0.717) is 12.4 Å². The Morgan fingerprint density at radius 3 is 2.64 bits per heavy atom. The summed E-state index contributed by atoms with van der Waals surface area (Å²) in [6.07, 6.45) is 1.62. The van der Waals surface area contributed by atoms with Crippen LogP contribution < -0.4 is 4.74 Å². The highest BCUT2D eigenvalue weighted by molar-refractivity contribution is 7.10. The van der Waals surface area contributed by atoms with Crippen molar-refractivity contribution >= 4 is 17.3 Å². The molecule has 4 nitrogen and oxygen atoms in total. The quantitative estimate of drug-likeness (QED) is 0.779. The number of hydrogen-bond acceptors (Lipinski definition) is 4. The van der Waals surface area contributed by atoms with E-state index >= 15 is 0 Å². The van der Waals surface area contributed by atoms with Gasteiger partial charge in [0.15, 0.2) is 5.69 Å². The number of hydrogen-bond donors (Lipinski definition) is 1. The van der Waals surface area contributed by atoms with Gasteiger partial charge in [-0.05, 0) is 37.1 Å². The first kappa shape index (κ1) is 16.4.